The Morgan fingerprint density at radius 3 is 2.46 bits per heavy atom. The van der Waals surface area contributed by atoms with Gasteiger partial charge in [-0.3, -0.25) is 9.78 Å². The minimum atomic E-state index is -0.0652. The van der Waals surface area contributed by atoms with Crippen molar-refractivity contribution < 1.29 is 11.0 Å². The van der Waals surface area contributed by atoms with E-state index in [0.29, 0.717) is 11.1 Å². The summed E-state index contributed by atoms with van der Waals surface area (Å²) in [7, 11) is 0. The van der Waals surface area contributed by atoms with E-state index in [2.05, 4.69) is 16.4 Å². The lowest BCUT2D eigenvalue weighted by atomic mass is 9.92. The van der Waals surface area contributed by atoms with Gasteiger partial charge in [0.2, 0.25) is 0 Å². The van der Waals surface area contributed by atoms with Gasteiger partial charge in [-0.1, -0.05) is 13.8 Å². The zero-order chi connectivity index (χ0) is 20.5. The summed E-state index contributed by atoms with van der Waals surface area (Å²) in [5, 5.41) is 12.1. The number of hydrogen-bond donors (Lipinski definition) is 1. The number of nitrogens with zero attached hydrogens (tertiary/aromatic N) is 2. The van der Waals surface area contributed by atoms with Gasteiger partial charge in [0.05, 0.1) is 23.3 Å². The van der Waals surface area contributed by atoms with Crippen molar-refractivity contribution in [1.29, 1.82) is 5.26 Å². The summed E-state index contributed by atoms with van der Waals surface area (Å²) in [5.74, 6) is 0.740. The number of aromatic nitrogens is 1. The van der Waals surface area contributed by atoms with Crippen molar-refractivity contribution in [2.24, 2.45) is 0 Å². The highest BCUT2D eigenvalue weighted by atomic mass is 16.5. The fraction of sp³-hybridized carbons (Fsp3) is 0.435. The van der Waals surface area contributed by atoms with Crippen LogP contribution in [0.3, 0.4) is 0 Å². The van der Waals surface area contributed by atoms with Gasteiger partial charge >= 0.3 is 0 Å². The highest BCUT2D eigenvalue weighted by Crippen LogP contribution is 2.25. The van der Waals surface area contributed by atoms with Crippen molar-refractivity contribution in [3.8, 4) is 11.8 Å². The highest BCUT2D eigenvalue weighted by molar-refractivity contribution is 5.94. The number of ether oxygens (including phenoxy) is 1. The van der Waals surface area contributed by atoms with E-state index in [9.17, 15) is 4.79 Å². The van der Waals surface area contributed by atoms with Crippen LogP contribution >= 0.6 is 0 Å². The Morgan fingerprint density at radius 2 is 1.89 bits per heavy atom. The molecule has 5 nitrogen and oxygen atoms in total. The zero-order valence-electron chi connectivity index (χ0n) is 17.2. The molecule has 0 saturated heterocycles. The second-order valence-electron chi connectivity index (χ2n) is 6.84. The van der Waals surface area contributed by atoms with Gasteiger partial charge in [0.25, 0.3) is 5.91 Å². The minimum Gasteiger partial charge on any atom is -0.490 e. The van der Waals surface area contributed by atoms with Gasteiger partial charge in [0.15, 0.2) is 0 Å². The summed E-state index contributed by atoms with van der Waals surface area (Å²) in [4.78, 5) is 16.5. The Balaban J connectivity index is 0.00000136. The van der Waals surface area contributed by atoms with Crippen LogP contribution < -0.4 is 10.1 Å². The van der Waals surface area contributed by atoms with Crippen LogP contribution in [0.15, 0.2) is 36.5 Å². The molecule has 28 heavy (non-hydrogen) atoms. The third-order valence-corrected chi connectivity index (χ3v) is 4.80. The van der Waals surface area contributed by atoms with E-state index >= 15 is 0 Å². The van der Waals surface area contributed by atoms with E-state index in [0.717, 1.165) is 42.7 Å². The highest BCUT2D eigenvalue weighted by Gasteiger charge is 2.24. The first-order valence-corrected chi connectivity index (χ1v) is 9.96. The van der Waals surface area contributed by atoms with Gasteiger partial charge in [0, 0.05) is 19.4 Å². The molecule has 2 aromatic rings. The van der Waals surface area contributed by atoms with Crippen molar-refractivity contribution in [1.82, 2.24) is 10.3 Å². The largest absolute Gasteiger partial charge is 0.490 e. The Labute approximate surface area is 169 Å². The predicted molar refractivity (Wildman–Crippen MR) is 112 cm³/mol. The molecule has 1 amide bonds. The van der Waals surface area contributed by atoms with Crippen LogP contribution in [0.1, 0.15) is 68.1 Å². The smallest absolute Gasteiger partial charge is 0.253 e. The Bertz CT molecular complexity index is 823. The van der Waals surface area contributed by atoms with Crippen molar-refractivity contribution >= 4 is 5.91 Å². The molecule has 1 aliphatic rings. The number of amides is 1. The topological polar surface area (TPSA) is 75.0 Å². The van der Waals surface area contributed by atoms with Gasteiger partial charge in [-0.05, 0) is 75.4 Å². The summed E-state index contributed by atoms with van der Waals surface area (Å²) in [6.45, 7) is 7.82. The average Bonchev–Trinajstić information content (AvgIpc) is 2.71. The number of nitrogens with one attached hydrogen (secondary N) is 1. The van der Waals surface area contributed by atoms with Crippen LogP contribution in [-0.4, -0.2) is 23.0 Å². The summed E-state index contributed by atoms with van der Waals surface area (Å²) < 4.78 is 6.05. The quantitative estimate of drug-likeness (QED) is 0.812. The summed E-state index contributed by atoms with van der Waals surface area (Å²) in [5.41, 5.74) is 3.10. The van der Waals surface area contributed by atoms with Crippen LogP contribution in [0.4, 0.5) is 0 Å². The standard InChI is InChI=1S/C21H23N3O2.C2H6.H2/c1-14-11-20(8-5-16(14)12-22)26-19-9-6-18(7-10-19)24-21(25)17-4-3-15(2)23-13-17;1-2;/h3-5,8,11,13,18-19H,6-7,9-10H2,1-2H3,(H,24,25);1-2H3;1H. The number of nitriles is 1. The molecule has 1 saturated carbocycles. The van der Waals surface area contributed by atoms with Gasteiger partial charge < -0.3 is 10.1 Å². The molecule has 1 aliphatic carbocycles. The van der Waals surface area contributed by atoms with Crippen LogP contribution in [0.2, 0.25) is 0 Å². The van der Waals surface area contributed by atoms with Crippen LogP contribution in [0.25, 0.3) is 0 Å². The van der Waals surface area contributed by atoms with Gasteiger partial charge in [-0.15, -0.1) is 0 Å². The molecular formula is C23H31N3O2. The molecule has 5 heteroatoms. The summed E-state index contributed by atoms with van der Waals surface area (Å²) in [6.07, 6.45) is 5.35. The Hall–Kier alpha value is -2.87. The molecule has 1 aromatic carbocycles. The summed E-state index contributed by atoms with van der Waals surface area (Å²) in [6, 6.07) is 11.6. The average molecular weight is 382 g/mol. The van der Waals surface area contributed by atoms with Gasteiger partial charge in [0.1, 0.15) is 5.75 Å². The molecule has 0 unspecified atom stereocenters. The SMILES string of the molecule is CC.Cc1ccc(C(=O)NC2CCC(Oc3ccc(C#N)c(C)c3)CC2)cn1.[HH]. The molecule has 1 heterocycles. The molecule has 1 fully saturated rings. The zero-order valence-corrected chi connectivity index (χ0v) is 17.2. The second-order valence-corrected chi connectivity index (χ2v) is 6.84. The van der Waals surface area contributed by atoms with E-state index in [4.69, 9.17) is 10.00 Å². The van der Waals surface area contributed by atoms with Crippen molar-refractivity contribution in [3.63, 3.8) is 0 Å². The molecule has 1 N–H and O–H groups in total. The molecule has 0 spiro atoms. The maximum atomic E-state index is 12.3. The first-order valence-electron chi connectivity index (χ1n) is 9.96. The van der Waals surface area contributed by atoms with Crippen LogP contribution in [0.5, 0.6) is 5.75 Å². The number of rotatable bonds is 4. The molecule has 3 rings (SSSR count). The number of benzene rings is 1. The van der Waals surface area contributed by atoms with Crippen molar-refractivity contribution in [3.05, 3.63) is 58.9 Å². The minimum absolute atomic E-state index is 0. The maximum absolute atomic E-state index is 12.3. The fourth-order valence-corrected chi connectivity index (χ4v) is 3.22. The molecule has 150 valence electrons. The van der Waals surface area contributed by atoms with Gasteiger partial charge in [-0.25, -0.2) is 0 Å². The number of carbonyl (C=O) groups is 1. The molecule has 0 aliphatic heterocycles. The lowest BCUT2D eigenvalue weighted by molar-refractivity contribution is 0.0893. The third-order valence-electron chi connectivity index (χ3n) is 4.80. The van der Waals surface area contributed by atoms with Crippen LogP contribution in [-0.2, 0) is 0 Å². The monoisotopic (exact) mass is 381 g/mol. The van der Waals surface area contributed by atoms with E-state index in [-0.39, 0.29) is 19.5 Å². The lowest BCUT2D eigenvalue weighted by Crippen LogP contribution is -2.39. The predicted octanol–water partition coefficient (Wildman–Crippen LogP) is 4.96. The maximum Gasteiger partial charge on any atom is 0.253 e. The number of hydrogen-bond acceptors (Lipinski definition) is 4. The third kappa shape index (κ3) is 5.82. The molecule has 0 bridgehead atoms. The van der Waals surface area contributed by atoms with Gasteiger partial charge in [-0.2, -0.15) is 5.26 Å². The second kappa shape index (κ2) is 10.5. The van der Waals surface area contributed by atoms with Crippen molar-refractivity contribution in [2.45, 2.75) is 65.5 Å². The normalized spacial score (nSPS) is 18.2. The Kier molecular flexibility index (Phi) is 8.01. The molecule has 0 radical (unpaired) electrons. The van der Waals surface area contributed by atoms with E-state index < -0.39 is 0 Å². The van der Waals surface area contributed by atoms with E-state index in [1.807, 2.05) is 45.9 Å². The van der Waals surface area contributed by atoms with Crippen molar-refractivity contribution in [2.75, 3.05) is 0 Å². The van der Waals surface area contributed by atoms with E-state index in [1.165, 1.54) is 0 Å². The number of pyridine rings is 1. The number of carbonyl (C=O) groups excluding carboxylic acids is 1. The lowest BCUT2D eigenvalue weighted by Gasteiger charge is -2.29. The van der Waals surface area contributed by atoms with Crippen LogP contribution in [0, 0.1) is 25.2 Å². The molecule has 1 aromatic heterocycles. The summed E-state index contributed by atoms with van der Waals surface area (Å²) >= 11 is 0. The molecule has 0 atom stereocenters. The first kappa shape index (κ1) is 21.4. The number of aryl methyl sites for hydroxylation is 2. The fourth-order valence-electron chi connectivity index (χ4n) is 3.22. The molecular weight excluding hydrogens is 350 g/mol. The first-order chi connectivity index (χ1) is 13.5. The Morgan fingerprint density at radius 1 is 1.18 bits per heavy atom. The van der Waals surface area contributed by atoms with E-state index in [1.54, 1.807) is 18.3 Å².